The van der Waals surface area contributed by atoms with Crippen LogP contribution in [0.2, 0.25) is 0 Å². The summed E-state index contributed by atoms with van der Waals surface area (Å²) in [6.07, 6.45) is 2.51. The van der Waals surface area contributed by atoms with Crippen molar-refractivity contribution in [3.63, 3.8) is 0 Å². The summed E-state index contributed by atoms with van der Waals surface area (Å²) >= 11 is 0. The van der Waals surface area contributed by atoms with Crippen molar-refractivity contribution in [2.45, 2.75) is 19.0 Å². The molecular weight excluding hydrogens is 422 g/mol. The number of carbonyl (C=O) groups is 3. The molecule has 170 valence electrons. The molecule has 0 spiro atoms. The van der Waals surface area contributed by atoms with E-state index in [1.54, 1.807) is 6.26 Å². The van der Waals surface area contributed by atoms with Crippen LogP contribution in [-0.2, 0) is 27.3 Å². The van der Waals surface area contributed by atoms with Crippen molar-refractivity contribution in [3.8, 4) is 0 Å². The van der Waals surface area contributed by atoms with Crippen molar-refractivity contribution in [1.82, 2.24) is 10.2 Å². The maximum atomic E-state index is 12.5. The number of rotatable bonds is 6. The van der Waals surface area contributed by atoms with Crippen molar-refractivity contribution in [1.29, 1.82) is 0 Å². The average molecular weight is 447 g/mol. The lowest BCUT2D eigenvalue weighted by molar-refractivity contribution is -0.136. The zero-order chi connectivity index (χ0) is 23.2. The SMILES string of the molecule is COC(=O)c1ccc(NC(=O)C(=O)NC[C@H](c2ccco2)N2CCc3ccccc3C2)cc1. The lowest BCUT2D eigenvalue weighted by atomic mass is 9.98. The third-order valence-electron chi connectivity index (χ3n) is 5.70. The number of benzene rings is 2. The van der Waals surface area contributed by atoms with Gasteiger partial charge in [-0.1, -0.05) is 24.3 Å². The normalized spacial score (nSPS) is 14.1. The van der Waals surface area contributed by atoms with Crippen LogP contribution in [0, 0.1) is 0 Å². The van der Waals surface area contributed by atoms with Crippen LogP contribution in [0.4, 0.5) is 5.69 Å². The first-order valence-electron chi connectivity index (χ1n) is 10.7. The van der Waals surface area contributed by atoms with Gasteiger partial charge in [0.2, 0.25) is 0 Å². The Morgan fingerprint density at radius 2 is 1.76 bits per heavy atom. The van der Waals surface area contributed by atoms with Crippen LogP contribution >= 0.6 is 0 Å². The van der Waals surface area contributed by atoms with E-state index in [2.05, 4.69) is 32.4 Å². The van der Waals surface area contributed by atoms with Crippen LogP contribution < -0.4 is 10.6 Å². The van der Waals surface area contributed by atoms with Crippen molar-refractivity contribution in [3.05, 3.63) is 89.4 Å². The highest BCUT2D eigenvalue weighted by Gasteiger charge is 2.28. The van der Waals surface area contributed by atoms with E-state index in [9.17, 15) is 14.4 Å². The Kier molecular flexibility index (Phi) is 6.85. The predicted molar refractivity (Wildman–Crippen MR) is 121 cm³/mol. The molecule has 0 unspecified atom stereocenters. The van der Waals surface area contributed by atoms with Crippen molar-refractivity contribution < 1.29 is 23.5 Å². The minimum atomic E-state index is -0.789. The number of hydrogen-bond donors (Lipinski definition) is 2. The summed E-state index contributed by atoms with van der Waals surface area (Å²) in [6.45, 7) is 1.77. The minimum Gasteiger partial charge on any atom is -0.468 e. The first-order chi connectivity index (χ1) is 16.0. The average Bonchev–Trinajstić information content (AvgIpc) is 3.38. The van der Waals surface area contributed by atoms with Gasteiger partial charge in [-0.05, 0) is 53.9 Å². The van der Waals surface area contributed by atoms with E-state index >= 15 is 0 Å². The third kappa shape index (κ3) is 5.30. The molecule has 1 aliphatic rings. The molecule has 0 saturated carbocycles. The summed E-state index contributed by atoms with van der Waals surface area (Å²) in [5.74, 6) is -1.28. The minimum absolute atomic E-state index is 0.204. The number of fused-ring (bicyclic) bond motifs is 1. The fraction of sp³-hybridized carbons (Fsp3) is 0.240. The molecule has 0 saturated heterocycles. The standard InChI is InChI=1S/C25H25N3O5/c1-32-25(31)18-8-10-20(11-9-18)27-24(30)23(29)26-15-21(22-7-4-14-33-22)28-13-12-17-5-2-3-6-19(17)16-28/h2-11,14,21H,12-13,15-16H2,1H3,(H,26,29)(H,27,30)/t21-/m1/s1. The van der Waals surface area contributed by atoms with Crippen LogP contribution in [-0.4, -0.2) is 42.9 Å². The van der Waals surface area contributed by atoms with Gasteiger partial charge in [0.05, 0.1) is 25.0 Å². The van der Waals surface area contributed by atoms with E-state index in [1.807, 2.05) is 24.3 Å². The third-order valence-corrected chi connectivity index (χ3v) is 5.70. The van der Waals surface area contributed by atoms with Crippen LogP contribution in [0.5, 0.6) is 0 Å². The van der Waals surface area contributed by atoms with Crippen LogP contribution in [0.1, 0.15) is 33.3 Å². The number of hydrogen-bond acceptors (Lipinski definition) is 6. The summed E-state index contributed by atoms with van der Waals surface area (Å²) in [4.78, 5) is 38.6. The van der Waals surface area contributed by atoms with Gasteiger partial charge in [0, 0.05) is 25.3 Å². The highest BCUT2D eigenvalue weighted by atomic mass is 16.5. The highest BCUT2D eigenvalue weighted by molar-refractivity contribution is 6.39. The number of carbonyl (C=O) groups excluding carboxylic acids is 3. The highest BCUT2D eigenvalue weighted by Crippen LogP contribution is 2.27. The van der Waals surface area contributed by atoms with Crippen LogP contribution in [0.25, 0.3) is 0 Å². The molecule has 1 atom stereocenters. The summed E-state index contributed by atoms with van der Waals surface area (Å²) in [7, 11) is 1.29. The smallest absolute Gasteiger partial charge is 0.337 e. The predicted octanol–water partition coefficient (Wildman–Crippen LogP) is 2.92. The molecule has 4 rings (SSSR count). The largest absolute Gasteiger partial charge is 0.468 e. The number of amides is 2. The molecular formula is C25H25N3O5. The van der Waals surface area contributed by atoms with Gasteiger partial charge in [-0.15, -0.1) is 0 Å². The molecule has 2 heterocycles. The lowest BCUT2D eigenvalue weighted by Gasteiger charge is -2.34. The van der Waals surface area contributed by atoms with Gasteiger partial charge in [0.15, 0.2) is 0 Å². The number of nitrogens with one attached hydrogen (secondary N) is 2. The van der Waals surface area contributed by atoms with Crippen molar-refractivity contribution >= 4 is 23.5 Å². The van der Waals surface area contributed by atoms with Crippen LogP contribution in [0.15, 0.2) is 71.3 Å². The summed E-state index contributed by atoms with van der Waals surface area (Å²) in [5, 5.41) is 5.26. The quantitative estimate of drug-likeness (QED) is 0.445. The van der Waals surface area contributed by atoms with E-state index in [4.69, 9.17) is 4.42 Å². The molecule has 2 aromatic carbocycles. The van der Waals surface area contributed by atoms with Gasteiger partial charge >= 0.3 is 17.8 Å². The second kappa shape index (κ2) is 10.1. The van der Waals surface area contributed by atoms with E-state index in [1.165, 1.54) is 42.5 Å². The maximum absolute atomic E-state index is 12.5. The molecule has 0 bridgehead atoms. The van der Waals surface area contributed by atoms with Gasteiger partial charge in [-0.3, -0.25) is 14.5 Å². The van der Waals surface area contributed by atoms with Crippen molar-refractivity contribution in [2.24, 2.45) is 0 Å². The number of nitrogens with zero attached hydrogens (tertiary/aromatic N) is 1. The van der Waals surface area contributed by atoms with Gasteiger partial charge in [-0.2, -0.15) is 0 Å². The second-order valence-electron chi connectivity index (χ2n) is 7.75. The molecule has 1 aromatic heterocycles. The fourth-order valence-corrected chi connectivity index (χ4v) is 3.94. The topological polar surface area (TPSA) is 101 Å². The number of furan rings is 1. The fourth-order valence-electron chi connectivity index (χ4n) is 3.94. The van der Waals surface area contributed by atoms with Gasteiger partial charge in [0.25, 0.3) is 0 Å². The van der Waals surface area contributed by atoms with Crippen LogP contribution in [0.3, 0.4) is 0 Å². The van der Waals surface area contributed by atoms with Gasteiger partial charge in [0.1, 0.15) is 5.76 Å². The zero-order valence-electron chi connectivity index (χ0n) is 18.2. The summed E-state index contributed by atoms with van der Waals surface area (Å²) in [6, 6.07) is 17.9. The molecule has 3 aromatic rings. The van der Waals surface area contributed by atoms with Gasteiger partial charge in [-0.25, -0.2) is 4.79 Å². The molecule has 0 radical (unpaired) electrons. The Morgan fingerprint density at radius 3 is 2.45 bits per heavy atom. The second-order valence-corrected chi connectivity index (χ2v) is 7.75. The Hall–Kier alpha value is -3.91. The van der Waals surface area contributed by atoms with E-state index in [0.29, 0.717) is 11.3 Å². The van der Waals surface area contributed by atoms with E-state index in [-0.39, 0.29) is 12.6 Å². The summed E-state index contributed by atoms with van der Waals surface area (Å²) < 4.78 is 10.3. The molecule has 0 aliphatic carbocycles. The number of methoxy groups -OCH3 is 1. The number of esters is 1. The Bertz CT molecular complexity index is 1130. The molecule has 0 fully saturated rings. The number of ether oxygens (including phenoxy) is 1. The molecule has 33 heavy (non-hydrogen) atoms. The molecule has 8 heteroatoms. The monoisotopic (exact) mass is 447 g/mol. The molecule has 1 aliphatic heterocycles. The van der Waals surface area contributed by atoms with Gasteiger partial charge < -0.3 is 19.8 Å². The molecule has 8 nitrogen and oxygen atoms in total. The lowest BCUT2D eigenvalue weighted by Crippen LogP contribution is -2.43. The first-order valence-corrected chi connectivity index (χ1v) is 10.7. The Balaban J connectivity index is 1.38. The molecule has 2 N–H and O–H groups in total. The van der Waals surface area contributed by atoms with E-state index < -0.39 is 17.8 Å². The Labute approximate surface area is 191 Å². The summed E-state index contributed by atoms with van der Waals surface area (Å²) in [5.41, 5.74) is 3.33. The zero-order valence-corrected chi connectivity index (χ0v) is 18.2. The number of anilines is 1. The first kappa shape index (κ1) is 22.3. The van der Waals surface area contributed by atoms with Crippen molar-refractivity contribution in [2.75, 3.05) is 25.5 Å². The Morgan fingerprint density at radius 1 is 1.00 bits per heavy atom. The van der Waals surface area contributed by atoms with E-state index in [0.717, 1.165) is 25.3 Å². The maximum Gasteiger partial charge on any atom is 0.337 e. The molecule has 2 amide bonds.